The molecule has 0 saturated carbocycles. The van der Waals surface area contributed by atoms with Crippen molar-refractivity contribution >= 4 is 51.1 Å². The summed E-state index contributed by atoms with van der Waals surface area (Å²) in [5, 5.41) is 12.3. The van der Waals surface area contributed by atoms with Crippen LogP contribution in [0.5, 0.6) is 0 Å². The Morgan fingerprint density at radius 3 is 2.79 bits per heavy atom. The van der Waals surface area contributed by atoms with Crippen LogP contribution in [-0.4, -0.2) is 24.1 Å². The predicted molar refractivity (Wildman–Crippen MR) is 112 cm³/mol. The molecule has 0 saturated heterocycles. The fourth-order valence-corrected chi connectivity index (χ4v) is 5.28. The van der Waals surface area contributed by atoms with Gasteiger partial charge in [-0.2, -0.15) is 0 Å². The van der Waals surface area contributed by atoms with Gasteiger partial charge in [0.2, 0.25) is 0 Å². The Balaban J connectivity index is 1.79. The number of thiophene rings is 2. The highest BCUT2D eigenvalue weighted by atomic mass is 32.1. The molecule has 10 heteroatoms. The molecule has 1 unspecified atom stereocenters. The first-order chi connectivity index (χ1) is 13.9. The van der Waals surface area contributed by atoms with Gasteiger partial charge in [0, 0.05) is 22.2 Å². The van der Waals surface area contributed by atoms with E-state index in [4.69, 9.17) is 15.0 Å². The van der Waals surface area contributed by atoms with Crippen molar-refractivity contribution in [2.24, 2.45) is 0 Å². The summed E-state index contributed by atoms with van der Waals surface area (Å²) in [6, 6.07) is 5.47. The molecule has 4 N–H and O–H groups in total. The SMILES string of the molecule is COC(=O)C1=C(C)Nc2sc(C(=O)Nc3cc(C)on3)c(N)c2C1c1cccs1. The van der Waals surface area contributed by atoms with Crippen molar-refractivity contribution in [1.29, 1.82) is 0 Å². The molecule has 3 aromatic rings. The molecule has 3 aromatic heterocycles. The Morgan fingerprint density at radius 2 is 2.17 bits per heavy atom. The number of rotatable bonds is 4. The Hall–Kier alpha value is -3.11. The van der Waals surface area contributed by atoms with Gasteiger partial charge in [-0.15, -0.1) is 22.7 Å². The number of nitrogen functional groups attached to an aromatic ring is 1. The van der Waals surface area contributed by atoms with E-state index in [1.807, 2.05) is 24.4 Å². The highest BCUT2D eigenvalue weighted by molar-refractivity contribution is 7.19. The van der Waals surface area contributed by atoms with E-state index in [1.54, 1.807) is 13.0 Å². The van der Waals surface area contributed by atoms with E-state index in [-0.39, 0.29) is 5.91 Å². The number of aromatic nitrogens is 1. The summed E-state index contributed by atoms with van der Waals surface area (Å²) in [6.07, 6.45) is 0. The number of nitrogens with two attached hydrogens (primary N) is 1. The molecule has 0 spiro atoms. The number of ether oxygens (including phenoxy) is 1. The molecule has 29 heavy (non-hydrogen) atoms. The normalized spacial score (nSPS) is 15.6. The fraction of sp³-hybridized carbons (Fsp3) is 0.211. The third-order valence-corrected chi connectivity index (χ3v) is 6.65. The van der Waals surface area contributed by atoms with E-state index in [1.165, 1.54) is 29.8 Å². The van der Waals surface area contributed by atoms with E-state index >= 15 is 0 Å². The number of nitrogens with zero attached hydrogens (tertiary/aromatic N) is 1. The third-order valence-electron chi connectivity index (χ3n) is 4.57. The van der Waals surface area contributed by atoms with Crippen LogP contribution in [0.2, 0.25) is 0 Å². The maximum Gasteiger partial charge on any atom is 0.336 e. The van der Waals surface area contributed by atoms with Gasteiger partial charge in [0.25, 0.3) is 5.91 Å². The van der Waals surface area contributed by atoms with Crippen LogP contribution < -0.4 is 16.4 Å². The lowest BCUT2D eigenvalue weighted by molar-refractivity contribution is -0.136. The summed E-state index contributed by atoms with van der Waals surface area (Å²) in [6.45, 7) is 3.54. The number of allylic oxidation sites excluding steroid dienone is 1. The Labute approximate surface area is 174 Å². The summed E-state index contributed by atoms with van der Waals surface area (Å²) in [5.74, 6) is -0.343. The fourth-order valence-electron chi connectivity index (χ4n) is 3.32. The number of nitrogens with one attached hydrogen (secondary N) is 2. The summed E-state index contributed by atoms with van der Waals surface area (Å²) in [5.41, 5.74) is 8.59. The monoisotopic (exact) mass is 430 g/mol. The molecule has 8 nitrogen and oxygen atoms in total. The zero-order valence-corrected chi connectivity index (χ0v) is 17.5. The molecule has 4 rings (SSSR count). The minimum absolute atomic E-state index is 0.311. The largest absolute Gasteiger partial charge is 0.466 e. The third kappa shape index (κ3) is 3.30. The van der Waals surface area contributed by atoms with Crippen molar-refractivity contribution in [2.75, 3.05) is 23.5 Å². The zero-order valence-electron chi connectivity index (χ0n) is 15.9. The van der Waals surface area contributed by atoms with Gasteiger partial charge in [-0.05, 0) is 25.3 Å². The van der Waals surface area contributed by atoms with Crippen LogP contribution in [0, 0.1) is 6.92 Å². The molecule has 4 heterocycles. The molecule has 0 fully saturated rings. The summed E-state index contributed by atoms with van der Waals surface area (Å²) >= 11 is 2.75. The van der Waals surface area contributed by atoms with Crippen LogP contribution in [0.15, 0.2) is 39.4 Å². The van der Waals surface area contributed by atoms with Gasteiger partial charge in [0.1, 0.15) is 10.6 Å². The van der Waals surface area contributed by atoms with Gasteiger partial charge < -0.3 is 25.6 Å². The second-order valence-corrected chi connectivity index (χ2v) is 8.47. The Bertz CT molecular complexity index is 1130. The first-order valence-electron chi connectivity index (χ1n) is 8.67. The van der Waals surface area contributed by atoms with Gasteiger partial charge in [-0.1, -0.05) is 11.2 Å². The average molecular weight is 431 g/mol. The smallest absolute Gasteiger partial charge is 0.336 e. The number of methoxy groups -OCH3 is 1. The number of carbonyl (C=O) groups is 2. The predicted octanol–water partition coefficient (Wildman–Crippen LogP) is 3.94. The van der Waals surface area contributed by atoms with Crippen LogP contribution in [0.3, 0.4) is 0 Å². The van der Waals surface area contributed by atoms with Gasteiger partial charge in [0.05, 0.1) is 29.3 Å². The molecule has 1 amide bonds. The first-order valence-corrected chi connectivity index (χ1v) is 10.4. The van der Waals surface area contributed by atoms with Crippen molar-refractivity contribution < 1.29 is 18.8 Å². The Morgan fingerprint density at radius 1 is 1.38 bits per heavy atom. The number of anilines is 3. The average Bonchev–Trinajstić information content (AvgIpc) is 3.41. The zero-order chi connectivity index (χ0) is 20.7. The second kappa shape index (κ2) is 7.37. The Kier molecular flexibility index (Phi) is 4.89. The van der Waals surface area contributed by atoms with Gasteiger partial charge in [0.15, 0.2) is 5.82 Å². The molecular formula is C19H18N4O4S2. The van der Waals surface area contributed by atoms with Crippen LogP contribution in [0.1, 0.15) is 38.7 Å². The van der Waals surface area contributed by atoms with Gasteiger partial charge in [-0.3, -0.25) is 4.79 Å². The number of hydrogen-bond acceptors (Lipinski definition) is 9. The second-order valence-electron chi connectivity index (χ2n) is 6.47. The highest BCUT2D eigenvalue weighted by Gasteiger charge is 2.38. The van der Waals surface area contributed by atoms with Crippen molar-refractivity contribution in [1.82, 2.24) is 5.16 Å². The molecule has 0 aliphatic carbocycles. The van der Waals surface area contributed by atoms with Crippen molar-refractivity contribution in [3.8, 4) is 0 Å². The first kappa shape index (κ1) is 19.2. The van der Waals surface area contributed by atoms with Crippen molar-refractivity contribution in [2.45, 2.75) is 19.8 Å². The number of fused-ring (bicyclic) bond motifs is 1. The lowest BCUT2D eigenvalue weighted by Gasteiger charge is -2.27. The summed E-state index contributed by atoms with van der Waals surface area (Å²) in [7, 11) is 1.35. The summed E-state index contributed by atoms with van der Waals surface area (Å²) in [4.78, 5) is 26.6. The lowest BCUT2D eigenvalue weighted by atomic mass is 9.86. The summed E-state index contributed by atoms with van der Waals surface area (Å²) < 4.78 is 10.00. The minimum Gasteiger partial charge on any atom is -0.466 e. The van der Waals surface area contributed by atoms with E-state index in [0.29, 0.717) is 39.0 Å². The number of aryl methyl sites for hydroxylation is 1. The molecule has 150 valence electrons. The maximum absolute atomic E-state index is 12.8. The van der Waals surface area contributed by atoms with Crippen LogP contribution in [0.4, 0.5) is 16.5 Å². The van der Waals surface area contributed by atoms with Crippen LogP contribution in [0.25, 0.3) is 0 Å². The van der Waals surface area contributed by atoms with Crippen LogP contribution in [-0.2, 0) is 9.53 Å². The maximum atomic E-state index is 12.8. The van der Waals surface area contributed by atoms with Crippen LogP contribution >= 0.6 is 22.7 Å². The molecule has 0 aromatic carbocycles. The van der Waals surface area contributed by atoms with Gasteiger partial charge in [-0.25, -0.2) is 4.79 Å². The van der Waals surface area contributed by atoms with E-state index in [9.17, 15) is 9.59 Å². The number of carbonyl (C=O) groups excluding carboxylic acids is 2. The number of amides is 1. The molecule has 1 aliphatic heterocycles. The lowest BCUT2D eigenvalue weighted by Crippen LogP contribution is -2.23. The molecule has 1 atom stereocenters. The van der Waals surface area contributed by atoms with Crippen molar-refractivity contribution in [3.63, 3.8) is 0 Å². The van der Waals surface area contributed by atoms with Gasteiger partial charge >= 0.3 is 5.97 Å². The minimum atomic E-state index is -0.436. The molecule has 1 aliphatic rings. The molecular weight excluding hydrogens is 412 g/mol. The quantitative estimate of drug-likeness (QED) is 0.536. The van der Waals surface area contributed by atoms with E-state index in [0.717, 1.165) is 9.88 Å². The standard InChI is InChI=1S/C19H18N4O4S2/c1-8-7-11(23-27-8)22-17(24)16-15(20)14-13(10-5-4-6-28-10)12(19(25)26-3)9(2)21-18(14)29-16/h4-7,13,21H,20H2,1-3H3,(H,22,23,24). The number of esters is 1. The van der Waals surface area contributed by atoms with Crippen molar-refractivity contribution in [3.05, 3.63) is 55.9 Å². The number of hydrogen-bond donors (Lipinski definition) is 3. The van der Waals surface area contributed by atoms with E-state index in [2.05, 4.69) is 15.8 Å². The highest BCUT2D eigenvalue weighted by Crippen LogP contribution is 2.51. The molecule has 0 radical (unpaired) electrons. The van der Waals surface area contributed by atoms with E-state index < -0.39 is 11.9 Å². The topological polar surface area (TPSA) is 119 Å². The molecule has 0 bridgehead atoms.